The lowest BCUT2D eigenvalue weighted by Crippen LogP contribution is -2.22. The van der Waals surface area contributed by atoms with Crippen molar-refractivity contribution in [2.45, 2.75) is 57.5 Å². The van der Waals surface area contributed by atoms with E-state index in [4.69, 9.17) is 47.3 Å². The molecule has 6 aromatic carbocycles. The van der Waals surface area contributed by atoms with Gasteiger partial charge in [-0.15, -0.1) is 33.1 Å². The SMILES string of the molecule is CCCCSc1nc(Nc2cc(N(CC)CC)c(OC)cc2N=Nc2cccc3ccccc23)nc(Nc2cc(N(CC)CC)c(OC)cc2N=Nc2c(S(=O)(=O)O)ccc3ccccc23)n1.O=S(=O)=O. The maximum Gasteiger partial charge on any atom is 0.425 e. The zero-order chi connectivity index (χ0) is 51.1. The summed E-state index contributed by atoms with van der Waals surface area (Å²) >= 11 is 1.50. The van der Waals surface area contributed by atoms with Gasteiger partial charge in [0, 0.05) is 54.8 Å². The largest absolute Gasteiger partial charge is 0.494 e. The summed E-state index contributed by atoms with van der Waals surface area (Å²) in [5.74, 6) is 2.35. The maximum atomic E-state index is 12.6. The Kier molecular flexibility index (Phi) is 18.7. The quantitative estimate of drug-likeness (QED) is 0.0262. The molecular formula is C49H55N11O8S3. The highest BCUT2D eigenvalue weighted by Gasteiger charge is 2.22. The van der Waals surface area contributed by atoms with Crippen LogP contribution in [0.3, 0.4) is 0 Å². The third-order valence-electron chi connectivity index (χ3n) is 11.1. The van der Waals surface area contributed by atoms with E-state index in [-0.39, 0.29) is 28.2 Å². The number of aromatic nitrogens is 3. The molecule has 0 aliphatic carbocycles. The molecule has 0 bridgehead atoms. The summed E-state index contributed by atoms with van der Waals surface area (Å²) in [5, 5.41) is 29.2. The zero-order valence-corrected chi connectivity index (χ0v) is 42.8. The summed E-state index contributed by atoms with van der Waals surface area (Å²) in [6.45, 7) is 13.2. The van der Waals surface area contributed by atoms with Crippen molar-refractivity contribution in [3.05, 3.63) is 103 Å². The summed E-state index contributed by atoms with van der Waals surface area (Å²) in [6.07, 6.45) is 1.94. The fourth-order valence-electron chi connectivity index (χ4n) is 7.57. The number of anilines is 6. The third-order valence-corrected chi connectivity index (χ3v) is 12.9. The Morgan fingerprint density at radius 1 is 0.620 bits per heavy atom. The molecular weight excluding hydrogens is 967 g/mol. The summed E-state index contributed by atoms with van der Waals surface area (Å²) in [6, 6.07) is 31.4. The van der Waals surface area contributed by atoms with Crippen LogP contribution in [-0.2, 0) is 20.7 Å². The molecule has 0 saturated heterocycles. The van der Waals surface area contributed by atoms with Crippen LogP contribution in [0, 0.1) is 0 Å². The molecule has 372 valence electrons. The van der Waals surface area contributed by atoms with Gasteiger partial charge in [0.15, 0.2) is 5.16 Å². The minimum Gasteiger partial charge on any atom is -0.494 e. The Balaban J connectivity index is 0.00000199. The highest BCUT2D eigenvalue weighted by molar-refractivity contribution is 7.99. The van der Waals surface area contributed by atoms with Crippen molar-refractivity contribution < 1.29 is 35.1 Å². The van der Waals surface area contributed by atoms with Gasteiger partial charge < -0.3 is 29.9 Å². The monoisotopic (exact) mass is 1020 g/mol. The number of ether oxygens (including phenoxy) is 2. The smallest absolute Gasteiger partial charge is 0.425 e. The molecule has 0 atom stereocenters. The molecule has 0 aliphatic heterocycles. The second-order valence-electron chi connectivity index (χ2n) is 15.4. The van der Waals surface area contributed by atoms with Crippen LogP contribution in [0.5, 0.6) is 11.5 Å². The fourth-order valence-corrected chi connectivity index (χ4v) is 9.12. The average Bonchev–Trinajstić information content (AvgIpc) is 3.36. The van der Waals surface area contributed by atoms with E-state index in [1.54, 1.807) is 38.5 Å². The number of azo groups is 2. The number of thioether (sulfide) groups is 1. The number of rotatable bonds is 21. The molecule has 22 heteroatoms. The van der Waals surface area contributed by atoms with Crippen molar-refractivity contribution in [3.63, 3.8) is 0 Å². The van der Waals surface area contributed by atoms with E-state index >= 15 is 0 Å². The molecule has 7 aromatic rings. The van der Waals surface area contributed by atoms with E-state index in [0.717, 1.165) is 53.8 Å². The number of nitrogens with zero attached hydrogens (tertiary/aromatic N) is 9. The van der Waals surface area contributed by atoms with Crippen molar-refractivity contribution in [1.29, 1.82) is 0 Å². The van der Waals surface area contributed by atoms with Gasteiger partial charge >= 0.3 is 10.6 Å². The van der Waals surface area contributed by atoms with Crippen molar-refractivity contribution >= 4 is 111 Å². The van der Waals surface area contributed by atoms with Crippen molar-refractivity contribution in [2.24, 2.45) is 20.5 Å². The lowest BCUT2D eigenvalue weighted by molar-refractivity contribution is 0.414. The molecule has 71 heavy (non-hydrogen) atoms. The minimum atomic E-state index is -4.67. The van der Waals surface area contributed by atoms with Crippen LogP contribution in [0.15, 0.2) is 134 Å². The van der Waals surface area contributed by atoms with Gasteiger partial charge in [0.05, 0.1) is 42.7 Å². The second kappa shape index (κ2) is 25.0. The highest BCUT2D eigenvalue weighted by Crippen LogP contribution is 2.44. The second-order valence-corrected chi connectivity index (χ2v) is 18.2. The molecule has 0 saturated carbocycles. The number of hydrogen-bond donors (Lipinski definition) is 3. The van der Waals surface area contributed by atoms with Crippen molar-refractivity contribution in [1.82, 2.24) is 15.0 Å². The van der Waals surface area contributed by atoms with Crippen molar-refractivity contribution in [2.75, 3.05) is 66.6 Å². The number of methoxy groups -OCH3 is 2. The predicted molar refractivity (Wildman–Crippen MR) is 281 cm³/mol. The molecule has 1 aromatic heterocycles. The van der Waals surface area contributed by atoms with Crippen LogP contribution in [0.4, 0.5) is 57.4 Å². The van der Waals surface area contributed by atoms with Gasteiger partial charge in [0.1, 0.15) is 33.5 Å². The van der Waals surface area contributed by atoms with E-state index in [2.05, 4.69) is 51.4 Å². The molecule has 3 N–H and O–H groups in total. The van der Waals surface area contributed by atoms with Crippen LogP contribution in [0.2, 0.25) is 0 Å². The van der Waals surface area contributed by atoms with Crippen LogP contribution in [0.25, 0.3) is 21.5 Å². The van der Waals surface area contributed by atoms with Crippen LogP contribution in [-0.4, -0.2) is 86.7 Å². The van der Waals surface area contributed by atoms with Gasteiger partial charge in [-0.1, -0.05) is 91.8 Å². The Morgan fingerprint density at radius 3 is 1.61 bits per heavy atom. The fraction of sp³-hybridized carbons (Fsp3) is 0.286. The van der Waals surface area contributed by atoms with Crippen LogP contribution < -0.4 is 29.9 Å². The van der Waals surface area contributed by atoms with Gasteiger partial charge in [0.2, 0.25) is 11.9 Å². The topological polar surface area (TPSA) is 243 Å². The molecule has 19 nitrogen and oxygen atoms in total. The van der Waals surface area contributed by atoms with Crippen LogP contribution in [0.1, 0.15) is 47.5 Å². The molecule has 0 aliphatic rings. The lowest BCUT2D eigenvalue weighted by Gasteiger charge is -2.25. The standard InChI is InChI=1S/C49H55N11O5S2.O3S/c1-8-13-27-66-49-53-47(50-37-28-41(59(9-2)10-3)43(64-6)30-39(37)56-55-36-24-18-21-32-19-14-16-22-34(32)36)52-48(54-49)51-38-29-42(60(11-4)12-5)44(65-7)31-40(38)57-58-46-35-23-17-15-20-33(35)25-26-45(46)67(61,62)63;1-4(2)3/h14-26,28-31H,8-13,27H2,1-7H3,(H,61,62,63)(H2,50,51,52,53,54);. The molecule has 0 fully saturated rings. The van der Waals surface area contributed by atoms with E-state index in [1.165, 1.54) is 17.8 Å². The van der Waals surface area contributed by atoms with E-state index in [9.17, 15) is 13.0 Å². The molecule has 0 amide bonds. The predicted octanol–water partition coefficient (Wildman–Crippen LogP) is 12.3. The minimum absolute atomic E-state index is 0.0171. The molecule has 0 spiro atoms. The number of hydrogen-bond acceptors (Lipinski definition) is 19. The van der Waals surface area contributed by atoms with Gasteiger partial charge in [-0.25, -0.2) is 0 Å². The first kappa shape index (κ1) is 53.1. The Labute approximate surface area is 418 Å². The van der Waals surface area contributed by atoms with Gasteiger partial charge in [-0.2, -0.15) is 23.4 Å². The molecule has 0 radical (unpaired) electrons. The van der Waals surface area contributed by atoms with Gasteiger partial charge in [0.25, 0.3) is 10.1 Å². The first-order chi connectivity index (χ1) is 34.2. The van der Waals surface area contributed by atoms with Crippen molar-refractivity contribution in [3.8, 4) is 11.5 Å². The number of benzene rings is 6. The molecule has 7 rings (SSSR count). The third kappa shape index (κ3) is 13.5. The summed E-state index contributed by atoms with van der Waals surface area (Å²) in [7, 11) is -4.58. The number of nitrogens with one attached hydrogen (secondary N) is 2. The first-order valence-electron chi connectivity index (χ1n) is 22.7. The normalized spacial score (nSPS) is 11.4. The average molecular weight is 1020 g/mol. The number of fused-ring (bicyclic) bond motifs is 2. The zero-order valence-electron chi connectivity index (χ0n) is 40.3. The summed E-state index contributed by atoms with van der Waals surface area (Å²) < 4.78 is 72.7. The van der Waals surface area contributed by atoms with E-state index in [0.29, 0.717) is 63.3 Å². The number of unbranched alkanes of at least 4 members (excludes halogenated alkanes) is 1. The first-order valence-corrected chi connectivity index (χ1v) is 26.1. The Hall–Kier alpha value is -7.27. The maximum absolute atomic E-state index is 12.6. The van der Waals surface area contributed by atoms with E-state index < -0.39 is 20.7 Å². The molecule has 0 unspecified atom stereocenters. The summed E-state index contributed by atoms with van der Waals surface area (Å²) in [4.78, 5) is 18.6. The summed E-state index contributed by atoms with van der Waals surface area (Å²) in [5.41, 5.74) is 4.12. The molecule has 1 heterocycles. The Morgan fingerprint density at radius 2 is 1.10 bits per heavy atom. The highest BCUT2D eigenvalue weighted by atomic mass is 32.2. The Bertz CT molecular complexity index is 3270. The van der Waals surface area contributed by atoms with E-state index in [1.807, 2.05) is 86.6 Å². The lowest BCUT2D eigenvalue weighted by atomic mass is 10.1. The van der Waals surface area contributed by atoms with Gasteiger partial charge in [-0.3, -0.25) is 4.55 Å². The van der Waals surface area contributed by atoms with Gasteiger partial charge in [-0.05, 0) is 69.2 Å². The van der Waals surface area contributed by atoms with Crippen LogP contribution >= 0.6 is 11.8 Å².